The van der Waals surface area contributed by atoms with Crippen LogP contribution >= 0.6 is 11.6 Å². The molecule has 0 aliphatic carbocycles. The van der Waals surface area contributed by atoms with Crippen molar-refractivity contribution in [2.24, 2.45) is 0 Å². The van der Waals surface area contributed by atoms with Crippen molar-refractivity contribution in [1.29, 1.82) is 0 Å². The highest BCUT2D eigenvalue weighted by Crippen LogP contribution is 2.26. The zero-order valence-electron chi connectivity index (χ0n) is 7.79. The van der Waals surface area contributed by atoms with Crippen LogP contribution in [0, 0.1) is 12.3 Å². The molecule has 0 spiro atoms. The Labute approximate surface area is 89.0 Å². The number of terminal acetylenes is 1. The third-order valence-electron chi connectivity index (χ3n) is 1.68. The maximum Gasteiger partial charge on any atom is 0.139 e. The fraction of sp³-hybridized carbons (Fsp3) is 0.273. The standard InChI is InChI=1S/C11H12ClNO/c1-2-3-4-7-14-11-8-9(13)5-6-10(11)12/h1,5-6,8H,3-4,7,13H2. The number of nitrogens with two attached hydrogens (primary N) is 1. The molecule has 0 amide bonds. The predicted octanol–water partition coefficient (Wildman–Crippen LogP) is 2.71. The smallest absolute Gasteiger partial charge is 0.139 e. The lowest BCUT2D eigenvalue weighted by Gasteiger charge is -2.07. The van der Waals surface area contributed by atoms with Gasteiger partial charge in [0.25, 0.3) is 0 Å². The van der Waals surface area contributed by atoms with E-state index in [0.29, 0.717) is 29.5 Å². The zero-order valence-corrected chi connectivity index (χ0v) is 8.55. The summed E-state index contributed by atoms with van der Waals surface area (Å²) in [6, 6.07) is 5.16. The fourth-order valence-electron chi connectivity index (χ4n) is 0.987. The molecule has 0 atom stereocenters. The van der Waals surface area contributed by atoms with Crippen LogP contribution < -0.4 is 10.5 Å². The molecule has 0 bridgehead atoms. The van der Waals surface area contributed by atoms with Gasteiger partial charge in [0.15, 0.2) is 0 Å². The number of hydrogen-bond donors (Lipinski definition) is 1. The van der Waals surface area contributed by atoms with E-state index < -0.39 is 0 Å². The highest BCUT2D eigenvalue weighted by Gasteiger charge is 2.00. The van der Waals surface area contributed by atoms with E-state index in [2.05, 4.69) is 5.92 Å². The van der Waals surface area contributed by atoms with Crippen molar-refractivity contribution in [3.05, 3.63) is 23.2 Å². The molecule has 74 valence electrons. The monoisotopic (exact) mass is 209 g/mol. The van der Waals surface area contributed by atoms with E-state index in [-0.39, 0.29) is 0 Å². The van der Waals surface area contributed by atoms with E-state index >= 15 is 0 Å². The number of ether oxygens (including phenoxy) is 1. The minimum Gasteiger partial charge on any atom is -0.492 e. The average Bonchev–Trinajstić information content (AvgIpc) is 2.18. The molecular weight excluding hydrogens is 198 g/mol. The van der Waals surface area contributed by atoms with Crippen LogP contribution in [-0.2, 0) is 0 Å². The Morgan fingerprint density at radius 1 is 1.50 bits per heavy atom. The Hall–Kier alpha value is -1.33. The molecule has 14 heavy (non-hydrogen) atoms. The van der Waals surface area contributed by atoms with Crippen LogP contribution in [0.3, 0.4) is 0 Å². The van der Waals surface area contributed by atoms with Gasteiger partial charge in [-0.1, -0.05) is 11.6 Å². The first-order chi connectivity index (χ1) is 6.74. The van der Waals surface area contributed by atoms with Gasteiger partial charge in [-0.15, -0.1) is 12.3 Å². The molecule has 1 aromatic carbocycles. The number of anilines is 1. The second-order valence-corrected chi connectivity index (χ2v) is 3.25. The minimum absolute atomic E-state index is 0.563. The van der Waals surface area contributed by atoms with E-state index in [1.165, 1.54) is 0 Å². The van der Waals surface area contributed by atoms with Crippen LogP contribution in [0.15, 0.2) is 18.2 Å². The number of halogens is 1. The summed E-state index contributed by atoms with van der Waals surface area (Å²) < 4.78 is 5.41. The number of nitrogen functional groups attached to an aromatic ring is 1. The predicted molar refractivity (Wildman–Crippen MR) is 59.4 cm³/mol. The van der Waals surface area contributed by atoms with Crippen molar-refractivity contribution in [3.8, 4) is 18.1 Å². The van der Waals surface area contributed by atoms with Crippen molar-refractivity contribution in [1.82, 2.24) is 0 Å². The Bertz CT molecular complexity index is 344. The number of hydrogen-bond acceptors (Lipinski definition) is 2. The van der Waals surface area contributed by atoms with Gasteiger partial charge in [0.2, 0.25) is 0 Å². The largest absolute Gasteiger partial charge is 0.492 e. The van der Waals surface area contributed by atoms with Gasteiger partial charge in [0.1, 0.15) is 5.75 Å². The Morgan fingerprint density at radius 3 is 3.00 bits per heavy atom. The molecule has 2 nitrogen and oxygen atoms in total. The van der Waals surface area contributed by atoms with Crippen molar-refractivity contribution in [2.45, 2.75) is 12.8 Å². The average molecular weight is 210 g/mol. The normalized spacial score (nSPS) is 9.43. The van der Waals surface area contributed by atoms with Crippen LogP contribution in [-0.4, -0.2) is 6.61 Å². The third kappa shape index (κ3) is 3.20. The Morgan fingerprint density at radius 2 is 2.29 bits per heavy atom. The van der Waals surface area contributed by atoms with Crippen molar-refractivity contribution in [2.75, 3.05) is 12.3 Å². The van der Waals surface area contributed by atoms with Crippen molar-refractivity contribution in [3.63, 3.8) is 0 Å². The fourth-order valence-corrected chi connectivity index (χ4v) is 1.16. The molecule has 1 rings (SSSR count). The van der Waals surface area contributed by atoms with Gasteiger partial charge in [-0.2, -0.15) is 0 Å². The highest BCUT2D eigenvalue weighted by molar-refractivity contribution is 6.32. The molecule has 0 fully saturated rings. The van der Waals surface area contributed by atoms with Crippen LogP contribution in [0.4, 0.5) is 5.69 Å². The van der Waals surface area contributed by atoms with Gasteiger partial charge in [-0.25, -0.2) is 0 Å². The molecule has 0 aliphatic rings. The first-order valence-corrected chi connectivity index (χ1v) is 4.73. The van der Waals surface area contributed by atoms with Gasteiger partial charge in [0.05, 0.1) is 11.6 Å². The lowest BCUT2D eigenvalue weighted by molar-refractivity contribution is 0.313. The van der Waals surface area contributed by atoms with Crippen LogP contribution in [0.1, 0.15) is 12.8 Å². The number of rotatable bonds is 4. The van der Waals surface area contributed by atoms with Gasteiger partial charge in [0, 0.05) is 18.2 Å². The SMILES string of the molecule is C#CCCCOc1cc(N)ccc1Cl. The summed E-state index contributed by atoms with van der Waals surface area (Å²) in [5, 5.41) is 0.569. The first-order valence-electron chi connectivity index (χ1n) is 4.35. The van der Waals surface area contributed by atoms with E-state index in [0.717, 1.165) is 6.42 Å². The summed E-state index contributed by atoms with van der Waals surface area (Å²) in [5.74, 6) is 3.16. The summed E-state index contributed by atoms with van der Waals surface area (Å²) in [6.45, 7) is 0.563. The summed E-state index contributed by atoms with van der Waals surface area (Å²) >= 11 is 5.89. The molecule has 0 saturated carbocycles. The summed E-state index contributed by atoms with van der Waals surface area (Å²) in [7, 11) is 0. The van der Waals surface area contributed by atoms with Crippen molar-refractivity contribution >= 4 is 17.3 Å². The topological polar surface area (TPSA) is 35.2 Å². The van der Waals surface area contributed by atoms with Crippen LogP contribution in [0.2, 0.25) is 5.02 Å². The molecular formula is C11H12ClNO. The molecule has 1 aromatic rings. The summed E-state index contributed by atoms with van der Waals surface area (Å²) in [6.07, 6.45) is 6.64. The van der Waals surface area contributed by atoms with Gasteiger partial charge in [-0.3, -0.25) is 0 Å². The lowest BCUT2D eigenvalue weighted by Crippen LogP contribution is -1.98. The highest BCUT2D eigenvalue weighted by atomic mass is 35.5. The minimum atomic E-state index is 0.563. The molecule has 0 unspecified atom stereocenters. The van der Waals surface area contributed by atoms with Gasteiger partial charge >= 0.3 is 0 Å². The lowest BCUT2D eigenvalue weighted by atomic mass is 10.3. The van der Waals surface area contributed by atoms with Gasteiger partial charge < -0.3 is 10.5 Å². The van der Waals surface area contributed by atoms with Crippen LogP contribution in [0.25, 0.3) is 0 Å². The summed E-state index contributed by atoms with van der Waals surface area (Å²) in [5.41, 5.74) is 6.23. The number of benzene rings is 1. The van der Waals surface area contributed by atoms with Crippen molar-refractivity contribution < 1.29 is 4.74 Å². The molecule has 3 heteroatoms. The molecule has 2 N–H and O–H groups in total. The molecule has 0 heterocycles. The van der Waals surface area contributed by atoms with E-state index in [4.69, 9.17) is 28.5 Å². The quantitative estimate of drug-likeness (QED) is 0.470. The summed E-state index contributed by atoms with van der Waals surface area (Å²) in [4.78, 5) is 0. The van der Waals surface area contributed by atoms with E-state index in [1.807, 2.05) is 0 Å². The molecule has 0 aliphatic heterocycles. The molecule has 0 aromatic heterocycles. The maximum absolute atomic E-state index is 5.89. The van der Waals surface area contributed by atoms with E-state index in [9.17, 15) is 0 Å². The Balaban J connectivity index is 2.50. The van der Waals surface area contributed by atoms with Gasteiger partial charge in [-0.05, 0) is 18.6 Å². The second kappa shape index (κ2) is 5.41. The zero-order chi connectivity index (χ0) is 10.4. The third-order valence-corrected chi connectivity index (χ3v) is 1.99. The van der Waals surface area contributed by atoms with E-state index in [1.54, 1.807) is 18.2 Å². The second-order valence-electron chi connectivity index (χ2n) is 2.85. The maximum atomic E-state index is 5.89. The Kier molecular flexibility index (Phi) is 4.15. The molecule has 0 radical (unpaired) electrons. The number of unbranched alkanes of at least 4 members (excludes halogenated alkanes) is 1. The first kappa shape index (κ1) is 10.7. The molecule has 0 saturated heterocycles. The van der Waals surface area contributed by atoms with Crippen LogP contribution in [0.5, 0.6) is 5.75 Å².